The highest BCUT2D eigenvalue weighted by atomic mass is 16.5. The summed E-state index contributed by atoms with van der Waals surface area (Å²) in [5, 5.41) is 15.2. The zero-order valence-corrected chi connectivity index (χ0v) is 15.7. The van der Waals surface area contributed by atoms with E-state index in [1.165, 1.54) is 25.7 Å². The average Bonchev–Trinajstić information content (AvgIpc) is 3.05. The average molecular weight is 348 g/mol. The third-order valence-corrected chi connectivity index (χ3v) is 4.58. The molecule has 0 bridgehead atoms. The van der Waals surface area contributed by atoms with E-state index < -0.39 is 0 Å². The van der Waals surface area contributed by atoms with Gasteiger partial charge < -0.3 is 20.5 Å². The van der Waals surface area contributed by atoms with Crippen LogP contribution >= 0.6 is 0 Å². The van der Waals surface area contributed by atoms with Crippen molar-refractivity contribution < 1.29 is 14.6 Å². The van der Waals surface area contributed by atoms with E-state index in [4.69, 9.17) is 4.74 Å². The van der Waals surface area contributed by atoms with E-state index in [0.717, 1.165) is 11.3 Å². The predicted molar refractivity (Wildman–Crippen MR) is 101 cm³/mol. The Kier molecular flexibility index (Phi) is 7.26. The molecule has 1 aromatic carbocycles. The van der Waals surface area contributed by atoms with Crippen LogP contribution in [-0.4, -0.2) is 29.9 Å². The molecular formula is C20H32N2O3. The van der Waals surface area contributed by atoms with Crippen molar-refractivity contribution in [1.29, 1.82) is 0 Å². The highest BCUT2D eigenvalue weighted by molar-refractivity contribution is 5.89. The lowest BCUT2D eigenvalue weighted by atomic mass is 9.87. The number of nitrogens with one attached hydrogen (secondary N) is 2. The third kappa shape index (κ3) is 7.45. The Labute approximate surface area is 151 Å². The minimum Gasteiger partial charge on any atom is -0.393 e. The number of hydrogen-bond donors (Lipinski definition) is 3. The van der Waals surface area contributed by atoms with Crippen LogP contribution in [0.4, 0.5) is 10.5 Å². The lowest BCUT2D eigenvalue weighted by Gasteiger charge is -2.26. The fourth-order valence-electron chi connectivity index (χ4n) is 3.32. The monoisotopic (exact) mass is 348 g/mol. The van der Waals surface area contributed by atoms with E-state index in [9.17, 15) is 9.90 Å². The number of aliphatic hydroxyl groups is 1. The maximum atomic E-state index is 12.0. The van der Waals surface area contributed by atoms with Gasteiger partial charge in [0.15, 0.2) is 0 Å². The van der Waals surface area contributed by atoms with Gasteiger partial charge in [0.2, 0.25) is 0 Å². The van der Waals surface area contributed by atoms with Crippen molar-refractivity contribution in [2.24, 2.45) is 5.41 Å². The summed E-state index contributed by atoms with van der Waals surface area (Å²) in [4.78, 5) is 12.0. The van der Waals surface area contributed by atoms with Gasteiger partial charge in [0, 0.05) is 12.2 Å². The van der Waals surface area contributed by atoms with Crippen molar-refractivity contribution in [3.8, 4) is 0 Å². The van der Waals surface area contributed by atoms with Gasteiger partial charge >= 0.3 is 6.03 Å². The normalized spacial score (nSPS) is 16.6. The first kappa shape index (κ1) is 19.7. The van der Waals surface area contributed by atoms with Gasteiger partial charge in [-0.3, -0.25) is 0 Å². The minimum absolute atomic E-state index is 0.146. The number of ether oxygens (including phenoxy) is 1. The largest absolute Gasteiger partial charge is 0.393 e. The van der Waals surface area contributed by atoms with Crippen LogP contribution in [0.5, 0.6) is 0 Å². The molecule has 1 aliphatic carbocycles. The van der Waals surface area contributed by atoms with Crippen molar-refractivity contribution in [3.63, 3.8) is 0 Å². The molecule has 3 N–H and O–H groups in total. The molecule has 25 heavy (non-hydrogen) atoms. The van der Waals surface area contributed by atoms with Crippen LogP contribution in [0.25, 0.3) is 0 Å². The van der Waals surface area contributed by atoms with E-state index >= 15 is 0 Å². The molecule has 0 spiro atoms. The molecule has 0 aromatic heterocycles. The van der Waals surface area contributed by atoms with E-state index in [1.54, 1.807) is 6.92 Å². The number of rotatable bonds is 8. The quantitative estimate of drug-likeness (QED) is 0.663. The zero-order chi connectivity index (χ0) is 18.3. The number of carbonyl (C=O) groups is 1. The van der Waals surface area contributed by atoms with Crippen LogP contribution in [0.15, 0.2) is 24.3 Å². The number of hydrogen-bond acceptors (Lipinski definition) is 3. The molecule has 0 radical (unpaired) electrons. The molecule has 2 amide bonds. The Hall–Kier alpha value is -1.59. The molecule has 1 unspecified atom stereocenters. The summed E-state index contributed by atoms with van der Waals surface area (Å²) in [6.07, 6.45) is 5.57. The molecule has 5 heteroatoms. The van der Waals surface area contributed by atoms with Gasteiger partial charge in [-0.15, -0.1) is 0 Å². The molecule has 5 nitrogen and oxygen atoms in total. The number of anilines is 1. The summed E-state index contributed by atoms with van der Waals surface area (Å²) in [6, 6.07) is 7.54. The fraction of sp³-hybridized carbons (Fsp3) is 0.650. The lowest BCUT2D eigenvalue weighted by Crippen LogP contribution is -2.38. The standard InChI is InChI=1S/C20H32N2O3/c1-15(23)12-20(2,3)14-21-19(24)22-17-10-8-16(9-11-17)13-25-18-6-4-5-7-18/h8-11,15,18,23H,4-7,12-14H2,1-3H3,(H2,21,22,24). The van der Waals surface area contributed by atoms with Crippen LogP contribution in [0.1, 0.15) is 58.4 Å². The smallest absolute Gasteiger partial charge is 0.319 e. The van der Waals surface area contributed by atoms with Crippen LogP contribution in [-0.2, 0) is 11.3 Å². The van der Waals surface area contributed by atoms with Gasteiger partial charge in [-0.25, -0.2) is 4.79 Å². The Morgan fingerprint density at radius 3 is 2.52 bits per heavy atom. The highest BCUT2D eigenvalue weighted by Gasteiger charge is 2.21. The zero-order valence-electron chi connectivity index (χ0n) is 15.7. The number of amides is 2. The van der Waals surface area contributed by atoms with Gasteiger partial charge in [-0.05, 0) is 49.3 Å². The summed E-state index contributed by atoms with van der Waals surface area (Å²) in [5.41, 5.74) is 1.74. The van der Waals surface area contributed by atoms with E-state index in [0.29, 0.717) is 25.7 Å². The molecule has 140 valence electrons. The molecular weight excluding hydrogens is 316 g/mol. The first-order valence-corrected chi connectivity index (χ1v) is 9.27. The van der Waals surface area contributed by atoms with Crippen LogP contribution in [0, 0.1) is 5.41 Å². The number of carbonyl (C=O) groups excluding carboxylic acids is 1. The Morgan fingerprint density at radius 1 is 1.28 bits per heavy atom. The molecule has 1 saturated carbocycles. The molecule has 2 rings (SSSR count). The molecule has 0 aliphatic heterocycles. The minimum atomic E-state index is -0.376. The molecule has 1 aliphatic rings. The van der Waals surface area contributed by atoms with E-state index in [2.05, 4.69) is 10.6 Å². The molecule has 1 atom stereocenters. The highest BCUT2D eigenvalue weighted by Crippen LogP contribution is 2.23. The number of urea groups is 1. The summed E-state index contributed by atoms with van der Waals surface area (Å²) in [7, 11) is 0. The van der Waals surface area contributed by atoms with Gasteiger partial charge in [-0.1, -0.05) is 38.8 Å². The molecule has 1 fully saturated rings. The molecule has 0 saturated heterocycles. The Morgan fingerprint density at radius 2 is 1.92 bits per heavy atom. The molecule has 0 heterocycles. The van der Waals surface area contributed by atoms with Gasteiger partial charge in [0.05, 0.1) is 18.8 Å². The van der Waals surface area contributed by atoms with Crippen LogP contribution in [0.3, 0.4) is 0 Å². The maximum absolute atomic E-state index is 12.0. The first-order valence-electron chi connectivity index (χ1n) is 9.27. The SMILES string of the molecule is CC(O)CC(C)(C)CNC(=O)Nc1ccc(COC2CCCC2)cc1. The summed E-state index contributed by atoms with van der Waals surface area (Å²) in [5.74, 6) is 0. The number of benzene rings is 1. The summed E-state index contributed by atoms with van der Waals surface area (Å²) in [6.45, 7) is 6.96. The summed E-state index contributed by atoms with van der Waals surface area (Å²) >= 11 is 0. The van der Waals surface area contributed by atoms with Crippen molar-refractivity contribution >= 4 is 11.7 Å². The predicted octanol–water partition coefficient (Wildman–Crippen LogP) is 4.06. The topological polar surface area (TPSA) is 70.6 Å². The summed E-state index contributed by atoms with van der Waals surface area (Å²) < 4.78 is 5.90. The van der Waals surface area contributed by atoms with Crippen molar-refractivity contribution in [1.82, 2.24) is 5.32 Å². The van der Waals surface area contributed by atoms with Gasteiger partial charge in [0.1, 0.15) is 0 Å². The Bertz CT molecular complexity index is 534. The van der Waals surface area contributed by atoms with Crippen molar-refractivity contribution in [3.05, 3.63) is 29.8 Å². The third-order valence-electron chi connectivity index (χ3n) is 4.58. The van der Waals surface area contributed by atoms with Crippen LogP contribution in [0.2, 0.25) is 0 Å². The second-order valence-corrected chi connectivity index (χ2v) is 7.94. The van der Waals surface area contributed by atoms with Crippen molar-refractivity contribution in [2.75, 3.05) is 11.9 Å². The van der Waals surface area contributed by atoms with E-state index in [-0.39, 0.29) is 17.6 Å². The van der Waals surface area contributed by atoms with Crippen molar-refractivity contribution in [2.45, 2.75) is 71.7 Å². The van der Waals surface area contributed by atoms with Crippen LogP contribution < -0.4 is 10.6 Å². The van der Waals surface area contributed by atoms with E-state index in [1.807, 2.05) is 38.1 Å². The van der Waals surface area contributed by atoms with Gasteiger partial charge in [0.25, 0.3) is 0 Å². The number of aliphatic hydroxyl groups excluding tert-OH is 1. The fourth-order valence-corrected chi connectivity index (χ4v) is 3.32. The Balaban J connectivity index is 1.73. The van der Waals surface area contributed by atoms with Gasteiger partial charge in [-0.2, -0.15) is 0 Å². The second kappa shape index (κ2) is 9.20. The lowest BCUT2D eigenvalue weighted by molar-refractivity contribution is 0.0457. The first-order chi connectivity index (χ1) is 11.8. The maximum Gasteiger partial charge on any atom is 0.319 e. The second-order valence-electron chi connectivity index (χ2n) is 7.94. The molecule has 1 aromatic rings.